The van der Waals surface area contributed by atoms with Crippen molar-refractivity contribution in [2.45, 2.75) is 29.7 Å². The average molecular weight is 441 g/mol. The first-order chi connectivity index (χ1) is 13.1. The van der Waals surface area contributed by atoms with Gasteiger partial charge in [-0.15, -0.1) is 0 Å². The Bertz CT molecular complexity index is 1030. The van der Waals surface area contributed by atoms with Crippen LogP contribution in [0.4, 0.5) is 5.69 Å². The topological polar surface area (TPSA) is 54.6 Å². The molecule has 0 fully saturated rings. The van der Waals surface area contributed by atoms with Crippen molar-refractivity contribution >= 4 is 45.0 Å². The molecule has 3 aromatic rings. The van der Waals surface area contributed by atoms with E-state index >= 15 is 0 Å². The largest absolute Gasteiger partial charge is 0.467 e. The summed E-state index contributed by atoms with van der Waals surface area (Å²) in [7, 11) is 0. The number of hydrogen-bond acceptors (Lipinski definition) is 4. The van der Waals surface area contributed by atoms with E-state index in [-0.39, 0.29) is 5.91 Å². The minimum Gasteiger partial charge on any atom is -0.467 e. The molecule has 1 aromatic heterocycles. The lowest BCUT2D eigenvalue weighted by Gasteiger charge is -2.08. The van der Waals surface area contributed by atoms with Gasteiger partial charge in [0.2, 0.25) is 0 Å². The van der Waals surface area contributed by atoms with Crippen LogP contribution >= 0.6 is 27.7 Å². The summed E-state index contributed by atoms with van der Waals surface area (Å²) in [5, 5.41) is 2.88. The maximum Gasteiger partial charge on any atom is 0.251 e. The number of nitrogens with zero attached hydrogens (tertiary/aromatic N) is 1. The fourth-order valence-corrected chi connectivity index (χ4v) is 4.29. The first kappa shape index (κ1) is 18.1. The first-order valence-corrected chi connectivity index (χ1v) is 10.2. The summed E-state index contributed by atoms with van der Waals surface area (Å²) >= 11 is 5.23. The maximum absolute atomic E-state index is 12.5. The van der Waals surface area contributed by atoms with Crippen molar-refractivity contribution in [3.8, 4) is 0 Å². The van der Waals surface area contributed by atoms with Crippen LogP contribution in [0.15, 0.2) is 78.5 Å². The molecule has 4 rings (SSSR count). The number of halogens is 1. The molecule has 0 unspecified atom stereocenters. The number of nitrogens with one attached hydrogen (secondary N) is 1. The summed E-state index contributed by atoms with van der Waals surface area (Å²) in [6.45, 7) is 2.46. The summed E-state index contributed by atoms with van der Waals surface area (Å²) in [5.41, 5.74) is 3.57. The van der Waals surface area contributed by atoms with Gasteiger partial charge >= 0.3 is 0 Å². The minimum absolute atomic E-state index is 0.142. The lowest BCUT2D eigenvalue weighted by molar-refractivity contribution is 0.0948. The average Bonchev–Trinajstić information content (AvgIpc) is 3.14. The number of benzene rings is 2. The predicted octanol–water partition coefficient (Wildman–Crippen LogP) is 5.97. The second-order valence-corrected chi connectivity index (χ2v) is 8.10. The third-order valence-electron chi connectivity index (χ3n) is 4.29. The third-order valence-corrected chi connectivity index (χ3v) is 5.92. The van der Waals surface area contributed by atoms with Gasteiger partial charge in [-0.25, -0.2) is 0 Å². The molecule has 0 spiro atoms. The number of carbonyl (C=O) groups excluding carboxylic acids is 1. The minimum atomic E-state index is -0.142. The van der Waals surface area contributed by atoms with E-state index in [2.05, 4.69) is 40.3 Å². The van der Waals surface area contributed by atoms with E-state index in [4.69, 9.17) is 9.41 Å². The number of furan rings is 1. The third kappa shape index (κ3) is 3.87. The lowest BCUT2D eigenvalue weighted by atomic mass is 10.1. The molecule has 1 aliphatic heterocycles. The highest BCUT2D eigenvalue weighted by Crippen LogP contribution is 2.41. The highest BCUT2D eigenvalue weighted by Gasteiger charge is 2.18. The fraction of sp³-hybridized carbons (Fsp3) is 0.143. The molecule has 0 saturated carbocycles. The van der Waals surface area contributed by atoms with E-state index < -0.39 is 0 Å². The van der Waals surface area contributed by atoms with Crippen LogP contribution in [0.5, 0.6) is 0 Å². The SMILES string of the molecule is CCC1=Nc2cc(C(=O)NCc3ccco3)ccc2Sc2ccc(Br)cc21. The normalized spacial score (nSPS) is 12.6. The summed E-state index contributed by atoms with van der Waals surface area (Å²) in [6.07, 6.45) is 2.41. The zero-order chi connectivity index (χ0) is 18.8. The molecule has 0 bridgehead atoms. The molecule has 0 atom stereocenters. The van der Waals surface area contributed by atoms with Gasteiger partial charge in [0.05, 0.1) is 18.5 Å². The van der Waals surface area contributed by atoms with Gasteiger partial charge in [-0.2, -0.15) is 0 Å². The van der Waals surface area contributed by atoms with E-state index in [9.17, 15) is 4.79 Å². The van der Waals surface area contributed by atoms with Gasteiger partial charge in [-0.1, -0.05) is 34.6 Å². The number of hydrogen-bond donors (Lipinski definition) is 1. The Balaban J connectivity index is 1.64. The summed E-state index contributed by atoms with van der Waals surface area (Å²) in [4.78, 5) is 19.6. The van der Waals surface area contributed by atoms with Crippen molar-refractivity contribution in [1.82, 2.24) is 5.32 Å². The molecule has 6 heteroatoms. The monoisotopic (exact) mass is 440 g/mol. The Kier molecular flexibility index (Phi) is 5.18. The Labute approximate surface area is 170 Å². The number of rotatable bonds is 4. The number of amides is 1. The summed E-state index contributed by atoms with van der Waals surface area (Å²) in [6, 6.07) is 15.6. The molecule has 27 heavy (non-hydrogen) atoms. The van der Waals surface area contributed by atoms with Crippen molar-refractivity contribution in [3.63, 3.8) is 0 Å². The van der Waals surface area contributed by atoms with Crippen LogP contribution in [0, 0.1) is 0 Å². The first-order valence-electron chi connectivity index (χ1n) is 8.64. The standard InChI is InChI=1S/C21H17BrN2O2S/c1-2-17-16-11-14(22)6-8-19(16)27-20-7-5-13(10-18(20)24-17)21(25)23-12-15-4-3-9-26-15/h3-11H,2,12H2,1H3,(H,23,25). The van der Waals surface area contributed by atoms with Gasteiger partial charge in [-0.3, -0.25) is 9.79 Å². The van der Waals surface area contributed by atoms with Gasteiger partial charge in [0.1, 0.15) is 5.76 Å². The smallest absolute Gasteiger partial charge is 0.251 e. The lowest BCUT2D eigenvalue weighted by Crippen LogP contribution is -2.22. The van der Waals surface area contributed by atoms with Gasteiger partial charge in [-0.05, 0) is 55.0 Å². The van der Waals surface area contributed by atoms with Gasteiger partial charge in [0, 0.05) is 31.1 Å². The summed E-state index contributed by atoms with van der Waals surface area (Å²) < 4.78 is 6.29. The van der Waals surface area contributed by atoms with Crippen LogP contribution in [0.2, 0.25) is 0 Å². The van der Waals surface area contributed by atoms with Crippen molar-refractivity contribution in [3.05, 3.63) is 76.2 Å². The van der Waals surface area contributed by atoms with E-state index in [1.807, 2.05) is 30.3 Å². The molecule has 0 saturated heterocycles. The van der Waals surface area contributed by atoms with Crippen molar-refractivity contribution < 1.29 is 9.21 Å². The molecule has 4 nitrogen and oxygen atoms in total. The zero-order valence-electron chi connectivity index (χ0n) is 14.7. The number of fused-ring (bicyclic) bond motifs is 2. The Morgan fingerprint density at radius 3 is 2.81 bits per heavy atom. The Morgan fingerprint density at radius 1 is 1.19 bits per heavy atom. The molecule has 2 aromatic carbocycles. The molecule has 1 amide bonds. The Hall–Kier alpha value is -2.31. The molecule has 0 aliphatic carbocycles. The van der Waals surface area contributed by atoms with Crippen LogP contribution in [0.25, 0.3) is 0 Å². The summed E-state index contributed by atoms with van der Waals surface area (Å²) in [5.74, 6) is 0.581. The molecule has 1 aliphatic rings. The highest BCUT2D eigenvalue weighted by atomic mass is 79.9. The fourth-order valence-electron chi connectivity index (χ4n) is 2.93. The van der Waals surface area contributed by atoms with E-state index in [0.29, 0.717) is 12.1 Å². The molecule has 1 N–H and O–H groups in total. The van der Waals surface area contributed by atoms with Gasteiger partial charge in [0.15, 0.2) is 0 Å². The Morgan fingerprint density at radius 2 is 2.04 bits per heavy atom. The van der Waals surface area contributed by atoms with Gasteiger partial charge in [0.25, 0.3) is 5.91 Å². The van der Waals surface area contributed by atoms with E-state index in [1.165, 1.54) is 4.90 Å². The highest BCUT2D eigenvalue weighted by molar-refractivity contribution is 9.10. The van der Waals surface area contributed by atoms with Crippen LogP contribution in [-0.2, 0) is 6.54 Å². The number of carbonyl (C=O) groups is 1. The molecule has 0 radical (unpaired) electrons. The van der Waals surface area contributed by atoms with Crippen LogP contribution in [0.1, 0.15) is 35.0 Å². The van der Waals surface area contributed by atoms with E-state index in [0.717, 1.165) is 38.5 Å². The van der Waals surface area contributed by atoms with Crippen molar-refractivity contribution in [2.24, 2.45) is 4.99 Å². The van der Waals surface area contributed by atoms with E-state index in [1.54, 1.807) is 24.1 Å². The van der Waals surface area contributed by atoms with Crippen molar-refractivity contribution in [2.75, 3.05) is 0 Å². The molecule has 136 valence electrons. The second kappa shape index (κ2) is 7.74. The molecular formula is C21H17BrN2O2S. The molecule has 2 heterocycles. The predicted molar refractivity (Wildman–Crippen MR) is 111 cm³/mol. The molecular weight excluding hydrogens is 424 g/mol. The zero-order valence-corrected chi connectivity index (χ0v) is 17.1. The van der Waals surface area contributed by atoms with Crippen molar-refractivity contribution in [1.29, 1.82) is 0 Å². The number of aliphatic imine (C=N–C) groups is 1. The quantitative estimate of drug-likeness (QED) is 0.543. The van der Waals surface area contributed by atoms with Crippen LogP contribution < -0.4 is 5.32 Å². The van der Waals surface area contributed by atoms with Gasteiger partial charge < -0.3 is 9.73 Å². The second-order valence-electron chi connectivity index (χ2n) is 6.10. The van der Waals surface area contributed by atoms with Crippen LogP contribution in [0.3, 0.4) is 0 Å². The van der Waals surface area contributed by atoms with Crippen LogP contribution in [-0.4, -0.2) is 11.6 Å². The maximum atomic E-state index is 12.5.